The summed E-state index contributed by atoms with van der Waals surface area (Å²) in [4.78, 5) is 24.2. The molecule has 0 aromatic carbocycles. The number of ether oxygens (including phenoxy) is 2. The molecule has 3 fully saturated rings. The van der Waals surface area contributed by atoms with Crippen LogP contribution in [0.3, 0.4) is 0 Å². The van der Waals surface area contributed by atoms with E-state index >= 15 is 0 Å². The van der Waals surface area contributed by atoms with Crippen LogP contribution in [0.4, 0.5) is 0 Å². The van der Waals surface area contributed by atoms with Gasteiger partial charge >= 0.3 is 11.9 Å². The van der Waals surface area contributed by atoms with Crippen LogP contribution in [0.2, 0.25) is 0 Å². The van der Waals surface area contributed by atoms with Crippen LogP contribution in [0.5, 0.6) is 0 Å². The maximum absolute atomic E-state index is 12.1. The fourth-order valence-corrected chi connectivity index (χ4v) is 3.60. The molecule has 0 unspecified atom stereocenters. The fraction of sp³-hybridized carbons (Fsp3) is 0.857. The van der Waals surface area contributed by atoms with Gasteiger partial charge in [0.15, 0.2) is 0 Å². The number of hydrogen-bond donors (Lipinski definition) is 0. The van der Waals surface area contributed by atoms with Crippen LogP contribution in [0.25, 0.3) is 0 Å². The zero-order chi connectivity index (χ0) is 13.1. The van der Waals surface area contributed by atoms with Gasteiger partial charge in [-0.1, -0.05) is 0 Å². The Morgan fingerprint density at radius 1 is 0.833 bits per heavy atom. The lowest BCUT2D eigenvalue weighted by Gasteiger charge is -2.45. The number of fused-ring (bicyclic) bond motifs is 3. The minimum absolute atomic E-state index is 0.204. The molecule has 4 nitrogen and oxygen atoms in total. The van der Waals surface area contributed by atoms with Crippen LogP contribution in [0.15, 0.2) is 0 Å². The van der Waals surface area contributed by atoms with Crippen molar-refractivity contribution in [2.75, 3.05) is 13.2 Å². The predicted molar refractivity (Wildman–Crippen MR) is 65.7 cm³/mol. The first kappa shape index (κ1) is 13.4. The SMILES string of the molecule is CCOC(=O)[C@@H]1C2CCC(CC2)[C@@H]1C(=O)OCC. The minimum Gasteiger partial charge on any atom is -0.466 e. The van der Waals surface area contributed by atoms with Gasteiger partial charge in [0.2, 0.25) is 0 Å². The van der Waals surface area contributed by atoms with E-state index in [1.54, 1.807) is 13.8 Å². The molecule has 0 heterocycles. The summed E-state index contributed by atoms with van der Waals surface area (Å²) in [7, 11) is 0. The highest BCUT2D eigenvalue weighted by Gasteiger charge is 2.51. The smallest absolute Gasteiger partial charge is 0.310 e. The van der Waals surface area contributed by atoms with Crippen molar-refractivity contribution in [3.8, 4) is 0 Å². The van der Waals surface area contributed by atoms with Crippen molar-refractivity contribution in [1.82, 2.24) is 0 Å². The zero-order valence-corrected chi connectivity index (χ0v) is 11.2. The average molecular weight is 254 g/mol. The van der Waals surface area contributed by atoms with Gasteiger partial charge in [0.05, 0.1) is 25.0 Å². The molecule has 4 heteroatoms. The van der Waals surface area contributed by atoms with Crippen molar-refractivity contribution in [3.63, 3.8) is 0 Å². The van der Waals surface area contributed by atoms with E-state index in [2.05, 4.69) is 0 Å². The van der Waals surface area contributed by atoms with Crippen LogP contribution in [0, 0.1) is 23.7 Å². The van der Waals surface area contributed by atoms with Gasteiger partial charge in [0.1, 0.15) is 0 Å². The van der Waals surface area contributed by atoms with E-state index < -0.39 is 0 Å². The predicted octanol–water partition coefficient (Wildman–Crippen LogP) is 2.17. The van der Waals surface area contributed by atoms with Crippen LogP contribution in [0.1, 0.15) is 39.5 Å². The molecule has 3 saturated carbocycles. The molecule has 3 rings (SSSR count). The summed E-state index contributed by atoms with van der Waals surface area (Å²) < 4.78 is 10.3. The number of carbonyl (C=O) groups is 2. The number of hydrogen-bond acceptors (Lipinski definition) is 4. The van der Waals surface area contributed by atoms with Gasteiger partial charge in [-0.05, 0) is 51.4 Å². The number of esters is 2. The third-order valence-electron chi connectivity index (χ3n) is 4.34. The van der Waals surface area contributed by atoms with E-state index in [1.807, 2.05) is 0 Å². The van der Waals surface area contributed by atoms with Crippen molar-refractivity contribution in [2.24, 2.45) is 23.7 Å². The Bertz CT molecular complexity index is 286. The maximum Gasteiger partial charge on any atom is 0.310 e. The molecule has 102 valence electrons. The Morgan fingerprint density at radius 2 is 1.17 bits per heavy atom. The normalized spacial score (nSPS) is 34.1. The Labute approximate surface area is 108 Å². The molecule has 0 aliphatic heterocycles. The van der Waals surface area contributed by atoms with Crippen LogP contribution < -0.4 is 0 Å². The molecule has 0 aromatic heterocycles. The van der Waals surface area contributed by atoms with Gasteiger partial charge in [0, 0.05) is 0 Å². The first-order valence-electron chi connectivity index (χ1n) is 7.02. The molecule has 3 aliphatic rings. The van der Waals surface area contributed by atoms with Crippen LogP contribution >= 0.6 is 0 Å². The van der Waals surface area contributed by atoms with Crippen molar-refractivity contribution >= 4 is 11.9 Å². The van der Waals surface area contributed by atoms with Gasteiger partial charge in [-0.25, -0.2) is 0 Å². The highest BCUT2D eigenvalue weighted by molar-refractivity contribution is 5.83. The monoisotopic (exact) mass is 254 g/mol. The zero-order valence-electron chi connectivity index (χ0n) is 11.2. The molecule has 0 spiro atoms. The van der Waals surface area contributed by atoms with Gasteiger partial charge in [-0.3, -0.25) is 9.59 Å². The third kappa shape index (κ3) is 2.38. The maximum atomic E-state index is 12.1. The summed E-state index contributed by atoms with van der Waals surface area (Å²) in [6.45, 7) is 4.36. The molecule has 3 aliphatic carbocycles. The Hall–Kier alpha value is -1.06. The van der Waals surface area contributed by atoms with Crippen molar-refractivity contribution in [1.29, 1.82) is 0 Å². The highest BCUT2D eigenvalue weighted by atomic mass is 16.5. The summed E-state index contributed by atoms with van der Waals surface area (Å²) >= 11 is 0. The first-order chi connectivity index (χ1) is 8.69. The minimum atomic E-state index is -0.267. The molecule has 0 aromatic rings. The third-order valence-corrected chi connectivity index (χ3v) is 4.34. The molecule has 0 radical (unpaired) electrons. The Morgan fingerprint density at radius 3 is 1.44 bits per heavy atom. The summed E-state index contributed by atoms with van der Waals surface area (Å²) in [6.07, 6.45) is 4.18. The van der Waals surface area contributed by atoms with Crippen molar-refractivity contribution < 1.29 is 19.1 Å². The Kier molecular flexibility index (Phi) is 4.25. The van der Waals surface area contributed by atoms with E-state index in [1.165, 1.54) is 0 Å². The summed E-state index contributed by atoms with van der Waals surface area (Å²) in [6, 6.07) is 0. The largest absolute Gasteiger partial charge is 0.466 e. The topological polar surface area (TPSA) is 52.6 Å². The van der Waals surface area contributed by atoms with E-state index in [0.29, 0.717) is 25.0 Å². The summed E-state index contributed by atoms with van der Waals surface area (Å²) in [5.41, 5.74) is 0. The van der Waals surface area contributed by atoms with E-state index in [9.17, 15) is 9.59 Å². The summed E-state index contributed by atoms with van der Waals surface area (Å²) in [5.74, 6) is -0.324. The van der Waals surface area contributed by atoms with Gasteiger partial charge < -0.3 is 9.47 Å². The number of rotatable bonds is 4. The van der Waals surface area contributed by atoms with Crippen molar-refractivity contribution in [2.45, 2.75) is 39.5 Å². The second-order valence-corrected chi connectivity index (χ2v) is 5.23. The van der Waals surface area contributed by atoms with Gasteiger partial charge in [-0.2, -0.15) is 0 Å². The Balaban J connectivity index is 2.16. The van der Waals surface area contributed by atoms with E-state index in [0.717, 1.165) is 25.7 Å². The lowest BCUT2D eigenvalue weighted by atomic mass is 9.58. The number of carbonyl (C=O) groups excluding carboxylic acids is 2. The summed E-state index contributed by atoms with van der Waals surface area (Å²) in [5, 5.41) is 0. The first-order valence-corrected chi connectivity index (χ1v) is 7.02. The average Bonchev–Trinajstić information content (AvgIpc) is 2.39. The van der Waals surface area contributed by atoms with E-state index in [-0.39, 0.29) is 23.8 Å². The lowest BCUT2D eigenvalue weighted by molar-refractivity contribution is -0.172. The lowest BCUT2D eigenvalue weighted by Crippen LogP contribution is -2.48. The molecule has 0 amide bonds. The fourth-order valence-electron chi connectivity index (χ4n) is 3.60. The van der Waals surface area contributed by atoms with E-state index in [4.69, 9.17) is 9.47 Å². The highest BCUT2D eigenvalue weighted by Crippen LogP contribution is 2.49. The van der Waals surface area contributed by atoms with Crippen LogP contribution in [-0.2, 0) is 19.1 Å². The molecule has 2 atom stereocenters. The molecular weight excluding hydrogens is 232 g/mol. The molecule has 0 N–H and O–H groups in total. The molecule has 0 saturated heterocycles. The van der Waals surface area contributed by atoms with Gasteiger partial charge in [-0.15, -0.1) is 0 Å². The van der Waals surface area contributed by atoms with Crippen molar-refractivity contribution in [3.05, 3.63) is 0 Å². The standard InChI is InChI=1S/C14H22O4/c1-3-17-13(15)11-9-5-7-10(8-6-9)12(11)14(16)18-4-2/h9-12H,3-8H2,1-2H3/t9?,10?,11-,12+. The van der Waals surface area contributed by atoms with Gasteiger partial charge in [0.25, 0.3) is 0 Å². The molecule has 18 heavy (non-hydrogen) atoms. The molecule has 2 bridgehead atoms. The second kappa shape index (κ2) is 5.72. The second-order valence-electron chi connectivity index (χ2n) is 5.23. The van der Waals surface area contributed by atoms with Crippen LogP contribution in [-0.4, -0.2) is 25.2 Å². The molecular formula is C14H22O4. The quantitative estimate of drug-likeness (QED) is 0.721.